The van der Waals surface area contributed by atoms with E-state index in [-0.39, 0.29) is 47.7 Å². The number of aromatic amines is 1. The predicted octanol–water partition coefficient (Wildman–Crippen LogP) is 5.13. The number of aromatic carboxylic acids is 1. The molecule has 3 atom stereocenters. The first kappa shape index (κ1) is 29.3. The molecule has 214 valence electrons. The quantitative estimate of drug-likeness (QED) is 0.372. The molecule has 10 heteroatoms. The van der Waals surface area contributed by atoms with Gasteiger partial charge in [-0.2, -0.15) is 0 Å². The van der Waals surface area contributed by atoms with E-state index in [0.29, 0.717) is 41.9 Å². The third-order valence-electron chi connectivity index (χ3n) is 9.28. The summed E-state index contributed by atoms with van der Waals surface area (Å²) in [4.78, 5) is 43.6. The summed E-state index contributed by atoms with van der Waals surface area (Å²) in [5.74, 6) is -0.643. The first-order chi connectivity index (χ1) is 18.4. The van der Waals surface area contributed by atoms with Crippen molar-refractivity contribution < 1.29 is 23.9 Å². The number of amides is 2. The van der Waals surface area contributed by atoms with Crippen LogP contribution in [0.4, 0.5) is 10.1 Å². The van der Waals surface area contributed by atoms with Gasteiger partial charge in [-0.15, -0.1) is 12.4 Å². The fourth-order valence-electron chi connectivity index (χ4n) is 7.15. The molecule has 0 bridgehead atoms. The minimum Gasteiger partial charge on any atom is -0.477 e. The Bertz CT molecular complexity index is 1180. The molecule has 0 spiro atoms. The Morgan fingerprint density at radius 1 is 1.05 bits per heavy atom. The van der Waals surface area contributed by atoms with Crippen molar-refractivity contribution in [1.29, 1.82) is 0 Å². The second-order valence-corrected chi connectivity index (χ2v) is 11.5. The van der Waals surface area contributed by atoms with E-state index in [9.17, 15) is 23.9 Å². The van der Waals surface area contributed by atoms with Crippen molar-refractivity contribution in [3.8, 4) is 0 Å². The molecule has 2 amide bonds. The van der Waals surface area contributed by atoms with E-state index in [2.05, 4.69) is 10.3 Å². The Kier molecular flexibility index (Phi) is 9.54. The topological polar surface area (TPSA) is 129 Å². The number of carboxylic acids is 1. The number of carbonyl (C=O) groups excluding carboxylic acids is 2. The standard InChI is InChI=1S/C29H39FN4O4.ClH/c30-16-23(31)18-6-8-19(9-7-18)28(36)34-13-12-22(17-4-2-1-3-5-17)26(34)27(35)32-21-10-11-24-20(14-21)15-25(33-24)29(37)38;/h10-11,14-15,17-19,22-23,26,33H,1-9,12-13,16,31H2,(H,32,35)(H,37,38);1H/t18-,19-,22-,23+,26-;/m0./s1. The Hall–Kier alpha value is -2.65. The summed E-state index contributed by atoms with van der Waals surface area (Å²) in [6, 6.07) is 5.85. The molecule has 39 heavy (non-hydrogen) atoms. The molecule has 0 radical (unpaired) electrons. The maximum atomic E-state index is 13.8. The van der Waals surface area contributed by atoms with Crippen molar-refractivity contribution >= 4 is 46.8 Å². The molecule has 5 rings (SSSR count). The lowest BCUT2D eigenvalue weighted by Crippen LogP contribution is -2.50. The first-order valence-electron chi connectivity index (χ1n) is 14.1. The van der Waals surface area contributed by atoms with Gasteiger partial charge in [0, 0.05) is 35.1 Å². The molecule has 1 aromatic heterocycles. The van der Waals surface area contributed by atoms with Crippen molar-refractivity contribution in [2.75, 3.05) is 18.5 Å². The van der Waals surface area contributed by atoms with Crippen LogP contribution in [0, 0.1) is 23.7 Å². The highest BCUT2D eigenvalue weighted by Gasteiger charge is 2.47. The number of carboxylic acid groups (broad SMARTS) is 1. The van der Waals surface area contributed by atoms with Crippen LogP contribution in [0.5, 0.6) is 0 Å². The summed E-state index contributed by atoms with van der Waals surface area (Å²) in [6.45, 7) is 0.0493. The lowest BCUT2D eigenvalue weighted by atomic mass is 9.76. The van der Waals surface area contributed by atoms with Gasteiger partial charge < -0.3 is 26.0 Å². The Morgan fingerprint density at radius 3 is 2.44 bits per heavy atom. The fraction of sp³-hybridized carbons (Fsp3) is 0.621. The van der Waals surface area contributed by atoms with E-state index < -0.39 is 24.7 Å². The second kappa shape index (κ2) is 12.7. The van der Waals surface area contributed by atoms with Crippen LogP contribution in [0.25, 0.3) is 10.9 Å². The van der Waals surface area contributed by atoms with Crippen LogP contribution >= 0.6 is 12.4 Å². The van der Waals surface area contributed by atoms with Gasteiger partial charge >= 0.3 is 5.97 Å². The van der Waals surface area contributed by atoms with Crippen molar-refractivity contribution in [1.82, 2.24) is 9.88 Å². The number of halogens is 2. The zero-order chi connectivity index (χ0) is 26.8. The molecule has 3 aliphatic rings. The summed E-state index contributed by atoms with van der Waals surface area (Å²) in [7, 11) is 0. The number of benzene rings is 1. The van der Waals surface area contributed by atoms with Gasteiger partial charge in [-0.3, -0.25) is 9.59 Å². The van der Waals surface area contributed by atoms with E-state index in [1.54, 1.807) is 24.3 Å². The van der Waals surface area contributed by atoms with Gasteiger partial charge in [0.15, 0.2) is 0 Å². The lowest BCUT2D eigenvalue weighted by Gasteiger charge is -2.36. The summed E-state index contributed by atoms with van der Waals surface area (Å²) in [6.07, 6.45) is 9.43. The van der Waals surface area contributed by atoms with Gasteiger partial charge in [-0.05, 0) is 74.1 Å². The van der Waals surface area contributed by atoms with E-state index in [1.807, 2.05) is 4.90 Å². The number of nitrogens with two attached hydrogens (primary N) is 1. The number of fused-ring (bicyclic) bond motifs is 1. The number of anilines is 1. The van der Waals surface area contributed by atoms with Crippen molar-refractivity contribution in [2.24, 2.45) is 29.4 Å². The number of likely N-dealkylation sites (tertiary alicyclic amines) is 1. The van der Waals surface area contributed by atoms with Crippen LogP contribution in [0.2, 0.25) is 0 Å². The molecular weight excluding hydrogens is 523 g/mol. The number of rotatable bonds is 7. The maximum Gasteiger partial charge on any atom is 0.352 e. The van der Waals surface area contributed by atoms with Gasteiger partial charge in [0.1, 0.15) is 18.4 Å². The number of hydrogen-bond donors (Lipinski definition) is 4. The molecule has 2 heterocycles. The monoisotopic (exact) mass is 562 g/mol. The van der Waals surface area contributed by atoms with E-state index in [0.717, 1.165) is 32.1 Å². The molecule has 2 aromatic rings. The minimum absolute atomic E-state index is 0. The van der Waals surface area contributed by atoms with E-state index in [4.69, 9.17) is 5.73 Å². The van der Waals surface area contributed by atoms with Gasteiger partial charge in [-0.1, -0.05) is 32.1 Å². The average Bonchev–Trinajstić information content (AvgIpc) is 3.58. The zero-order valence-electron chi connectivity index (χ0n) is 22.2. The molecular formula is C29H40ClFN4O4. The van der Waals surface area contributed by atoms with Crippen molar-refractivity contribution in [3.05, 3.63) is 30.0 Å². The molecule has 5 N–H and O–H groups in total. The number of nitrogens with one attached hydrogen (secondary N) is 2. The molecule has 8 nitrogen and oxygen atoms in total. The Morgan fingerprint density at radius 2 is 1.77 bits per heavy atom. The molecule has 0 unspecified atom stereocenters. The van der Waals surface area contributed by atoms with Gasteiger partial charge in [-0.25, -0.2) is 9.18 Å². The summed E-state index contributed by atoms with van der Waals surface area (Å²) < 4.78 is 13.1. The maximum absolute atomic E-state index is 13.8. The van der Waals surface area contributed by atoms with Gasteiger partial charge in [0.2, 0.25) is 11.8 Å². The summed E-state index contributed by atoms with van der Waals surface area (Å²) >= 11 is 0. The number of H-pyrrole nitrogens is 1. The van der Waals surface area contributed by atoms with Crippen LogP contribution < -0.4 is 11.1 Å². The highest BCUT2D eigenvalue weighted by molar-refractivity contribution is 6.00. The van der Waals surface area contributed by atoms with Crippen LogP contribution in [-0.2, 0) is 9.59 Å². The van der Waals surface area contributed by atoms with Gasteiger partial charge in [0.05, 0.1) is 0 Å². The number of nitrogens with zero attached hydrogens (tertiary/aromatic N) is 1. The van der Waals surface area contributed by atoms with Crippen LogP contribution in [-0.4, -0.2) is 58.1 Å². The van der Waals surface area contributed by atoms with Crippen molar-refractivity contribution in [2.45, 2.75) is 76.3 Å². The predicted molar refractivity (Wildman–Crippen MR) is 151 cm³/mol. The largest absolute Gasteiger partial charge is 0.477 e. The Labute approximate surface area is 234 Å². The third-order valence-corrected chi connectivity index (χ3v) is 9.28. The third kappa shape index (κ3) is 6.24. The smallest absolute Gasteiger partial charge is 0.352 e. The fourth-order valence-corrected chi connectivity index (χ4v) is 7.15. The molecule has 2 saturated carbocycles. The molecule has 1 aromatic carbocycles. The second-order valence-electron chi connectivity index (χ2n) is 11.5. The number of alkyl halides is 1. The van der Waals surface area contributed by atoms with E-state index >= 15 is 0 Å². The summed E-state index contributed by atoms with van der Waals surface area (Å²) in [5, 5.41) is 13.0. The minimum atomic E-state index is -1.04. The first-order valence-corrected chi connectivity index (χ1v) is 14.1. The lowest BCUT2D eigenvalue weighted by molar-refractivity contribution is -0.142. The highest BCUT2D eigenvalue weighted by atomic mass is 35.5. The number of carbonyl (C=O) groups is 3. The van der Waals surface area contributed by atoms with Crippen LogP contribution in [0.1, 0.15) is 74.7 Å². The number of hydrogen-bond acceptors (Lipinski definition) is 4. The zero-order valence-corrected chi connectivity index (χ0v) is 23.1. The highest BCUT2D eigenvalue weighted by Crippen LogP contribution is 2.41. The van der Waals surface area contributed by atoms with Crippen LogP contribution in [0.3, 0.4) is 0 Å². The average molecular weight is 563 g/mol. The van der Waals surface area contributed by atoms with Crippen LogP contribution in [0.15, 0.2) is 24.3 Å². The molecule has 2 aliphatic carbocycles. The normalized spacial score (nSPS) is 26.7. The number of aromatic nitrogens is 1. The SMILES string of the molecule is Cl.N[C@H](CF)[C@H]1CC[C@H](C(=O)N2CC[C@@H](C3CCCCC3)[C@H]2C(=O)Nc2ccc3[nH]c(C(=O)O)cc3c2)CC1. The molecule has 1 saturated heterocycles. The molecule has 1 aliphatic heterocycles. The van der Waals surface area contributed by atoms with Gasteiger partial charge in [0.25, 0.3) is 0 Å². The van der Waals surface area contributed by atoms with E-state index in [1.165, 1.54) is 19.3 Å². The molecule has 3 fully saturated rings. The summed E-state index contributed by atoms with van der Waals surface area (Å²) in [5.41, 5.74) is 7.28. The van der Waals surface area contributed by atoms with Crippen molar-refractivity contribution in [3.63, 3.8) is 0 Å². The Balaban J connectivity index is 0.00000353.